The number of aromatic nitrogens is 2. The Morgan fingerprint density at radius 2 is 2.00 bits per heavy atom. The first-order chi connectivity index (χ1) is 5.36. The molecule has 0 bridgehead atoms. The zero-order chi connectivity index (χ0) is 7.68. The maximum Gasteiger partial charge on any atom is 0.266 e. The lowest BCUT2D eigenvalue weighted by atomic mass is 10.3. The van der Waals surface area contributed by atoms with E-state index in [0.717, 1.165) is 11.0 Å². The number of H-pyrrole nitrogens is 1. The van der Waals surface area contributed by atoms with Crippen LogP contribution in [0.5, 0.6) is 0 Å². The predicted molar refractivity (Wildman–Crippen MR) is 48.1 cm³/mol. The van der Waals surface area contributed by atoms with E-state index in [1.54, 1.807) is 0 Å². The molecule has 4 heteroatoms. The average Bonchev–Trinajstić information content (AvgIpc) is 2.04. The van der Waals surface area contributed by atoms with Gasteiger partial charge in [-0.15, -0.1) is 0 Å². The van der Waals surface area contributed by atoms with Crippen molar-refractivity contribution < 1.29 is 0 Å². The molecule has 12 heavy (non-hydrogen) atoms. The lowest BCUT2D eigenvalue weighted by Crippen LogP contribution is -2.04. The number of fused-ring (bicyclic) bond motifs is 1. The maximum absolute atomic E-state index is 10.8. The highest BCUT2D eigenvalue weighted by molar-refractivity contribution is 5.75. The molecule has 0 atom stereocenters. The molecule has 3 radical (unpaired) electrons. The van der Waals surface area contributed by atoms with Gasteiger partial charge >= 0.3 is 0 Å². The van der Waals surface area contributed by atoms with Crippen molar-refractivity contribution in [2.45, 2.75) is 0 Å². The molecule has 0 amide bonds. The molecule has 1 aromatic heterocycles. The fourth-order valence-corrected chi connectivity index (χ4v) is 0.985. The van der Waals surface area contributed by atoms with Crippen molar-refractivity contribution in [2.75, 3.05) is 0 Å². The second-order valence-electron chi connectivity index (χ2n) is 2.26. The third-order valence-corrected chi connectivity index (χ3v) is 1.48. The summed E-state index contributed by atoms with van der Waals surface area (Å²) in [4.78, 5) is 17.4. The summed E-state index contributed by atoms with van der Waals surface area (Å²) in [6, 6.07) is 7.42. The Balaban J connectivity index is 0.000000720. The van der Waals surface area contributed by atoms with Gasteiger partial charge in [0.25, 0.3) is 5.56 Å². The molecule has 2 rings (SSSR count). The van der Waals surface area contributed by atoms with Gasteiger partial charge in [0.2, 0.25) is 0 Å². The van der Waals surface area contributed by atoms with Gasteiger partial charge in [0.05, 0.1) is 17.2 Å². The summed E-state index contributed by atoms with van der Waals surface area (Å²) < 4.78 is 0. The van der Waals surface area contributed by atoms with Crippen molar-refractivity contribution in [3.63, 3.8) is 0 Å². The van der Waals surface area contributed by atoms with Crippen LogP contribution in [-0.4, -0.2) is 18.4 Å². The summed E-state index contributed by atoms with van der Waals surface area (Å²) in [5.74, 6) is 0. The highest BCUT2D eigenvalue weighted by atomic mass is 16.1. The van der Waals surface area contributed by atoms with E-state index in [1.165, 1.54) is 6.20 Å². The lowest BCUT2D eigenvalue weighted by Gasteiger charge is -1.92. The summed E-state index contributed by atoms with van der Waals surface area (Å²) >= 11 is 0. The van der Waals surface area contributed by atoms with Crippen LogP contribution in [0.1, 0.15) is 0 Å². The molecule has 0 unspecified atom stereocenters. The van der Waals surface area contributed by atoms with E-state index in [1.807, 2.05) is 24.3 Å². The maximum atomic E-state index is 10.8. The first kappa shape index (κ1) is 8.52. The molecule has 0 saturated heterocycles. The Kier molecular flexibility index (Phi) is 2.28. The van der Waals surface area contributed by atoms with Gasteiger partial charge in [-0.2, -0.15) is 0 Å². The van der Waals surface area contributed by atoms with Gasteiger partial charge in [-0.3, -0.25) is 4.79 Å². The van der Waals surface area contributed by atoms with Crippen molar-refractivity contribution in [3.05, 3.63) is 40.8 Å². The van der Waals surface area contributed by atoms with Crippen LogP contribution in [0.15, 0.2) is 35.3 Å². The van der Waals surface area contributed by atoms with Crippen LogP contribution >= 0.6 is 0 Å². The summed E-state index contributed by atoms with van der Waals surface area (Å²) in [5, 5.41) is 0. The van der Waals surface area contributed by atoms with E-state index in [2.05, 4.69) is 9.97 Å². The molecule has 1 aromatic carbocycles. The molecule has 0 aliphatic carbocycles. The molecule has 1 N–H and O–H groups in total. The molecule has 0 aliphatic rings. The first-order valence-corrected chi connectivity index (χ1v) is 3.30. The number of benzene rings is 1. The van der Waals surface area contributed by atoms with E-state index in [4.69, 9.17) is 0 Å². The molecule has 57 valence electrons. The Morgan fingerprint density at radius 1 is 1.25 bits per heavy atom. The van der Waals surface area contributed by atoms with Crippen LogP contribution in [0, 0.1) is 0 Å². The second-order valence-corrected chi connectivity index (χ2v) is 2.26. The average molecular weight is 157 g/mol. The largest absolute Gasteiger partial charge is 0.319 e. The van der Waals surface area contributed by atoms with Crippen LogP contribution in [0.25, 0.3) is 11.0 Å². The number of aromatic amines is 1. The van der Waals surface area contributed by atoms with Crippen molar-refractivity contribution in [2.24, 2.45) is 0 Å². The summed E-state index contributed by atoms with van der Waals surface area (Å²) in [6.45, 7) is 0. The van der Waals surface area contributed by atoms with E-state index < -0.39 is 0 Å². The summed E-state index contributed by atoms with van der Waals surface area (Å²) in [6.07, 6.45) is 1.28. The van der Waals surface area contributed by atoms with Gasteiger partial charge in [0.15, 0.2) is 0 Å². The zero-order valence-corrected chi connectivity index (χ0v) is 6.32. The molecule has 2 aromatic rings. The molecule has 0 saturated carbocycles. The molecule has 1 heterocycles. The van der Waals surface area contributed by atoms with Crippen LogP contribution in [0.2, 0.25) is 0 Å². The SMILES string of the molecule is O=c1cnc2ccccc2[nH]1.[B]. The Labute approximate surface area is 71.0 Å². The van der Waals surface area contributed by atoms with Crippen molar-refractivity contribution >= 4 is 19.4 Å². The van der Waals surface area contributed by atoms with Gasteiger partial charge in [-0.05, 0) is 12.1 Å². The standard InChI is InChI=1S/C8H6N2O.B/c11-8-5-9-6-3-1-2-4-7(6)10-8;/h1-5H,(H,10,11);. The Morgan fingerprint density at radius 3 is 2.83 bits per heavy atom. The van der Waals surface area contributed by atoms with Crippen molar-refractivity contribution in [1.82, 2.24) is 9.97 Å². The fraction of sp³-hybridized carbons (Fsp3) is 0. The Hall–Kier alpha value is -1.58. The van der Waals surface area contributed by atoms with Gasteiger partial charge in [0.1, 0.15) is 0 Å². The molecular weight excluding hydrogens is 151 g/mol. The number of rotatable bonds is 0. The van der Waals surface area contributed by atoms with Crippen LogP contribution in [0.3, 0.4) is 0 Å². The number of nitrogens with zero attached hydrogens (tertiary/aromatic N) is 1. The summed E-state index contributed by atoms with van der Waals surface area (Å²) in [5.41, 5.74) is 1.43. The normalized spacial score (nSPS) is 9.33. The number of para-hydroxylation sites is 2. The zero-order valence-electron chi connectivity index (χ0n) is 6.32. The lowest BCUT2D eigenvalue weighted by molar-refractivity contribution is 1.22. The van der Waals surface area contributed by atoms with Gasteiger partial charge in [-0.1, -0.05) is 12.1 Å². The topological polar surface area (TPSA) is 45.8 Å². The van der Waals surface area contributed by atoms with Crippen molar-refractivity contribution in [3.8, 4) is 0 Å². The Bertz CT molecular complexity index is 438. The highest BCUT2D eigenvalue weighted by Gasteiger charge is 1.90. The third-order valence-electron chi connectivity index (χ3n) is 1.48. The minimum Gasteiger partial charge on any atom is -0.319 e. The fourth-order valence-electron chi connectivity index (χ4n) is 0.985. The molecule has 3 nitrogen and oxygen atoms in total. The highest BCUT2D eigenvalue weighted by Crippen LogP contribution is 2.02. The first-order valence-electron chi connectivity index (χ1n) is 3.30. The minimum atomic E-state index is -0.163. The molecule has 0 spiro atoms. The molecular formula is C8H6BN2O. The number of nitrogens with one attached hydrogen (secondary N) is 1. The van der Waals surface area contributed by atoms with E-state index >= 15 is 0 Å². The van der Waals surface area contributed by atoms with Crippen LogP contribution in [-0.2, 0) is 0 Å². The smallest absolute Gasteiger partial charge is 0.266 e. The minimum absolute atomic E-state index is 0. The van der Waals surface area contributed by atoms with Gasteiger partial charge in [-0.25, -0.2) is 4.98 Å². The quantitative estimate of drug-likeness (QED) is 0.567. The van der Waals surface area contributed by atoms with Crippen molar-refractivity contribution in [1.29, 1.82) is 0 Å². The van der Waals surface area contributed by atoms with E-state index in [-0.39, 0.29) is 14.0 Å². The van der Waals surface area contributed by atoms with Gasteiger partial charge in [0, 0.05) is 8.41 Å². The van der Waals surface area contributed by atoms with E-state index in [0.29, 0.717) is 0 Å². The predicted octanol–water partition coefficient (Wildman–Crippen LogP) is 0.542. The van der Waals surface area contributed by atoms with Crippen LogP contribution in [0.4, 0.5) is 0 Å². The second kappa shape index (κ2) is 3.22. The molecule has 0 aliphatic heterocycles. The third kappa shape index (κ3) is 1.37. The monoisotopic (exact) mass is 157 g/mol. The number of hydrogen-bond donors (Lipinski definition) is 1. The van der Waals surface area contributed by atoms with Crippen LogP contribution < -0.4 is 5.56 Å². The van der Waals surface area contributed by atoms with Gasteiger partial charge < -0.3 is 4.98 Å². The van der Waals surface area contributed by atoms with E-state index in [9.17, 15) is 4.79 Å². The molecule has 0 fully saturated rings. The summed E-state index contributed by atoms with van der Waals surface area (Å²) in [7, 11) is 0. The number of hydrogen-bond acceptors (Lipinski definition) is 2.